The number of nitrogens with zero attached hydrogens (tertiary/aromatic N) is 1. The normalized spacial score (nSPS) is 10.2. The van der Waals surface area contributed by atoms with Gasteiger partial charge in [-0.25, -0.2) is 0 Å². The molecule has 0 radical (unpaired) electrons. The van der Waals surface area contributed by atoms with E-state index in [-0.39, 0.29) is 5.78 Å². The van der Waals surface area contributed by atoms with Crippen LogP contribution in [0.15, 0.2) is 6.07 Å². The lowest BCUT2D eigenvalue weighted by atomic mass is 10.2. The van der Waals surface area contributed by atoms with Crippen molar-refractivity contribution in [2.45, 2.75) is 33.7 Å². The second-order valence-corrected chi connectivity index (χ2v) is 3.40. The molecule has 3 heteroatoms. The second kappa shape index (κ2) is 4.22. The number of carbonyl (C=O) groups excluding carboxylic acids is 2. The molecular weight excluding hydrogens is 178 g/mol. The predicted octanol–water partition coefficient (Wildman–Crippen LogP) is 2.22. The van der Waals surface area contributed by atoms with Crippen molar-refractivity contribution < 1.29 is 9.59 Å². The van der Waals surface area contributed by atoms with Gasteiger partial charge in [-0.15, -0.1) is 0 Å². The van der Waals surface area contributed by atoms with Crippen LogP contribution in [0.1, 0.15) is 46.8 Å². The van der Waals surface area contributed by atoms with Gasteiger partial charge in [0.05, 0.1) is 5.69 Å². The van der Waals surface area contributed by atoms with Gasteiger partial charge in [0, 0.05) is 24.7 Å². The molecule has 0 atom stereocenters. The number of Topliss-reactive ketones (excluding diaryl/α,β-unsaturated/α-hetero) is 1. The molecule has 0 aliphatic heterocycles. The summed E-state index contributed by atoms with van der Waals surface area (Å²) in [6.45, 7) is 6.22. The first-order valence-corrected chi connectivity index (χ1v) is 4.78. The Bertz CT molecular complexity index is 364. The fraction of sp³-hybridized carbons (Fsp3) is 0.455. The molecule has 1 aromatic heterocycles. The highest BCUT2D eigenvalue weighted by atomic mass is 16.1. The fourth-order valence-electron chi connectivity index (χ4n) is 1.59. The van der Waals surface area contributed by atoms with E-state index in [1.54, 1.807) is 6.07 Å². The van der Waals surface area contributed by atoms with Crippen LogP contribution >= 0.6 is 0 Å². The Morgan fingerprint density at radius 2 is 2.21 bits per heavy atom. The lowest BCUT2D eigenvalue weighted by Gasteiger charge is -2.07. The van der Waals surface area contributed by atoms with Crippen molar-refractivity contribution in [2.24, 2.45) is 0 Å². The number of aldehydes is 1. The van der Waals surface area contributed by atoms with Crippen LogP contribution in [0, 0.1) is 6.92 Å². The molecule has 0 bridgehead atoms. The Kier molecular flexibility index (Phi) is 3.23. The van der Waals surface area contributed by atoms with Crippen molar-refractivity contribution in [3.05, 3.63) is 23.0 Å². The molecule has 0 unspecified atom stereocenters. The van der Waals surface area contributed by atoms with Crippen LogP contribution in [0.25, 0.3) is 0 Å². The molecule has 1 aromatic rings. The summed E-state index contributed by atoms with van der Waals surface area (Å²) in [5.74, 6) is 0.00894. The van der Waals surface area contributed by atoms with E-state index in [1.807, 2.05) is 18.4 Å². The topological polar surface area (TPSA) is 39.1 Å². The first-order valence-electron chi connectivity index (χ1n) is 4.78. The highest BCUT2D eigenvalue weighted by molar-refractivity contribution is 5.95. The van der Waals surface area contributed by atoms with Gasteiger partial charge in [-0.2, -0.15) is 0 Å². The van der Waals surface area contributed by atoms with Crippen LogP contribution in [0.2, 0.25) is 0 Å². The molecule has 1 rings (SSSR count). The minimum Gasteiger partial charge on any atom is -0.342 e. The van der Waals surface area contributed by atoms with Crippen LogP contribution in [0.3, 0.4) is 0 Å². The third kappa shape index (κ3) is 1.76. The number of hydrogen-bond donors (Lipinski definition) is 0. The van der Waals surface area contributed by atoms with E-state index in [9.17, 15) is 9.59 Å². The smallest absolute Gasteiger partial charge is 0.176 e. The maximum atomic E-state index is 11.3. The Morgan fingerprint density at radius 1 is 1.57 bits per heavy atom. The maximum Gasteiger partial charge on any atom is 0.176 e. The van der Waals surface area contributed by atoms with Gasteiger partial charge in [-0.3, -0.25) is 9.59 Å². The van der Waals surface area contributed by atoms with E-state index in [1.165, 1.54) is 6.92 Å². The highest BCUT2D eigenvalue weighted by Crippen LogP contribution is 2.15. The molecule has 0 aliphatic rings. The SMILES string of the molecule is CCCn1c(C(C)=O)cc(C=O)c1C. The lowest BCUT2D eigenvalue weighted by molar-refractivity contribution is 0.100. The number of carbonyl (C=O) groups is 2. The van der Waals surface area contributed by atoms with Gasteiger partial charge in [0.1, 0.15) is 0 Å². The fourth-order valence-corrected chi connectivity index (χ4v) is 1.59. The summed E-state index contributed by atoms with van der Waals surface area (Å²) in [5.41, 5.74) is 2.13. The van der Waals surface area contributed by atoms with Crippen molar-refractivity contribution in [3.63, 3.8) is 0 Å². The van der Waals surface area contributed by atoms with E-state index >= 15 is 0 Å². The van der Waals surface area contributed by atoms with Gasteiger partial charge in [0.15, 0.2) is 12.1 Å². The van der Waals surface area contributed by atoms with Crippen LogP contribution < -0.4 is 0 Å². The van der Waals surface area contributed by atoms with Crippen molar-refractivity contribution in [3.8, 4) is 0 Å². The monoisotopic (exact) mass is 193 g/mol. The molecule has 76 valence electrons. The van der Waals surface area contributed by atoms with Crippen molar-refractivity contribution >= 4 is 12.1 Å². The predicted molar refractivity (Wildman–Crippen MR) is 54.9 cm³/mol. The molecule has 0 N–H and O–H groups in total. The van der Waals surface area contributed by atoms with Gasteiger partial charge in [-0.05, 0) is 19.4 Å². The van der Waals surface area contributed by atoms with E-state index in [0.717, 1.165) is 24.9 Å². The summed E-state index contributed by atoms with van der Waals surface area (Å²) >= 11 is 0. The molecule has 0 amide bonds. The zero-order valence-electron chi connectivity index (χ0n) is 8.83. The summed E-state index contributed by atoms with van der Waals surface area (Å²) in [7, 11) is 0. The zero-order valence-corrected chi connectivity index (χ0v) is 8.83. The van der Waals surface area contributed by atoms with Crippen LogP contribution in [-0.2, 0) is 6.54 Å². The Hall–Kier alpha value is -1.38. The number of aromatic nitrogens is 1. The van der Waals surface area contributed by atoms with E-state index < -0.39 is 0 Å². The quantitative estimate of drug-likeness (QED) is 0.543. The van der Waals surface area contributed by atoms with Crippen molar-refractivity contribution in [2.75, 3.05) is 0 Å². The molecule has 0 saturated heterocycles. The summed E-state index contributed by atoms with van der Waals surface area (Å²) < 4.78 is 1.91. The number of rotatable bonds is 4. The lowest BCUT2D eigenvalue weighted by Crippen LogP contribution is -2.07. The van der Waals surface area contributed by atoms with Gasteiger partial charge in [0.25, 0.3) is 0 Å². The summed E-state index contributed by atoms with van der Waals surface area (Å²) in [6, 6.07) is 1.67. The van der Waals surface area contributed by atoms with Crippen LogP contribution in [0.4, 0.5) is 0 Å². The zero-order chi connectivity index (χ0) is 10.7. The molecule has 3 nitrogen and oxygen atoms in total. The van der Waals surface area contributed by atoms with E-state index in [4.69, 9.17) is 0 Å². The Labute approximate surface area is 83.7 Å². The second-order valence-electron chi connectivity index (χ2n) is 3.40. The van der Waals surface area contributed by atoms with Gasteiger partial charge in [-0.1, -0.05) is 6.92 Å². The van der Waals surface area contributed by atoms with Crippen LogP contribution in [0.5, 0.6) is 0 Å². The third-order valence-electron chi connectivity index (χ3n) is 2.34. The average Bonchev–Trinajstić information content (AvgIpc) is 2.45. The molecule has 0 spiro atoms. The first kappa shape index (κ1) is 10.7. The molecule has 0 saturated carbocycles. The van der Waals surface area contributed by atoms with Gasteiger partial charge >= 0.3 is 0 Å². The summed E-state index contributed by atoms with van der Waals surface area (Å²) in [4.78, 5) is 22.0. The molecule has 0 fully saturated rings. The van der Waals surface area contributed by atoms with Gasteiger partial charge in [0.2, 0.25) is 0 Å². The first-order chi connectivity index (χ1) is 6.61. The van der Waals surface area contributed by atoms with Gasteiger partial charge < -0.3 is 4.57 Å². The molecule has 0 aliphatic carbocycles. The summed E-state index contributed by atoms with van der Waals surface area (Å²) in [5, 5.41) is 0. The average molecular weight is 193 g/mol. The minimum absolute atomic E-state index is 0.00894. The molecule has 14 heavy (non-hydrogen) atoms. The van der Waals surface area contributed by atoms with Crippen LogP contribution in [-0.4, -0.2) is 16.6 Å². The van der Waals surface area contributed by atoms with E-state index in [0.29, 0.717) is 11.3 Å². The number of hydrogen-bond acceptors (Lipinski definition) is 2. The molecule has 1 heterocycles. The molecular formula is C11H15NO2. The Morgan fingerprint density at radius 3 is 2.64 bits per heavy atom. The summed E-state index contributed by atoms with van der Waals surface area (Å²) in [6.07, 6.45) is 1.75. The van der Waals surface area contributed by atoms with E-state index in [2.05, 4.69) is 0 Å². The minimum atomic E-state index is 0.00894. The standard InChI is InChI=1S/C11H15NO2/c1-4-5-12-8(2)10(7-13)6-11(12)9(3)14/h6-7H,4-5H2,1-3H3. The third-order valence-corrected chi connectivity index (χ3v) is 2.34. The number of ketones is 1. The Balaban J connectivity index is 3.26. The molecule has 0 aromatic carbocycles. The van der Waals surface area contributed by atoms with Crippen molar-refractivity contribution in [1.82, 2.24) is 4.57 Å². The largest absolute Gasteiger partial charge is 0.342 e. The highest BCUT2D eigenvalue weighted by Gasteiger charge is 2.13. The van der Waals surface area contributed by atoms with Crippen molar-refractivity contribution in [1.29, 1.82) is 0 Å². The maximum absolute atomic E-state index is 11.3.